The van der Waals surface area contributed by atoms with Crippen LogP contribution in [0, 0.1) is 11.8 Å². The lowest BCUT2D eigenvalue weighted by molar-refractivity contribution is -0.137. The number of hydrogen-bond donors (Lipinski definition) is 0. The van der Waals surface area contributed by atoms with Crippen molar-refractivity contribution >= 4 is 27.7 Å². The molecule has 0 saturated carbocycles. The van der Waals surface area contributed by atoms with Crippen molar-refractivity contribution in [2.45, 2.75) is 25.0 Å². The molecule has 0 radical (unpaired) electrons. The Bertz CT molecular complexity index is 365. The zero-order valence-electron chi connectivity index (χ0n) is 10.2. The first-order chi connectivity index (χ1) is 8.34. The molecule has 0 spiro atoms. The van der Waals surface area contributed by atoms with Crippen LogP contribution in [-0.2, 0) is 6.18 Å². The lowest BCUT2D eigenvalue weighted by Crippen LogP contribution is -2.13. The van der Waals surface area contributed by atoms with Gasteiger partial charge in [-0.25, -0.2) is 4.98 Å². The van der Waals surface area contributed by atoms with E-state index in [1.807, 2.05) is 0 Å². The third-order valence-electron chi connectivity index (χ3n) is 2.65. The van der Waals surface area contributed by atoms with Crippen molar-refractivity contribution < 1.29 is 13.2 Å². The predicted molar refractivity (Wildman–Crippen MR) is 72.1 cm³/mol. The minimum absolute atomic E-state index is 0.485. The number of halogens is 4. The first-order valence-electron chi connectivity index (χ1n) is 5.56. The van der Waals surface area contributed by atoms with Gasteiger partial charge >= 0.3 is 6.18 Å². The Hall–Kier alpha value is -0.230. The summed E-state index contributed by atoms with van der Waals surface area (Å²) in [6, 6.07) is 2.51. The molecule has 0 aliphatic heterocycles. The van der Waals surface area contributed by atoms with Gasteiger partial charge in [-0.15, -0.1) is 11.8 Å². The third kappa shape index (κ3) is 4.80. The molecule has 0 aromatic carbocycles. The van der Waals surface area contributed by atoms with Gasteiger partial charge in [-0.3, -0.25) is 0 Å². The fraction of sp³-hybridized carbons (Fsp3) is 0.583. The fourth-order valence-electron chi connectivity index (χ4n) is 1.24. The van der Waals surface area contributed by atoms with E-state index in [0.717, 1.165) is 23.3 Å². The first kappa shape index (κ1) is 15.8. The number of nitrogens with zero attached hydrogens (tertiary/aromatic N) is 1. The van der Waals surface area contributed by atoms with Crippen LogP contribution in [0.25, 0.3) is 0 Å². The maximum atomic E-state index is 12.3. The molecule has 6 heteroatoms. The molecule has 1 aromatic rings. The lowest BCUT2D eigenvalue weighted by atomic mass is 10.0. The van der Waals surface area contributed by atoms with E-state index in [4.69, 9.17) is 0 Å². The highest BCUT2D eigenvalue weighted by molar-refractivity contribution is 9.09. The molecule has 102 valence electrons. The summed E-state index contributed by atoms with van der Waals surface area (Å²) in [6.07, 6.45) is -3.42. The van der Waals surface area contributed by atoms with Gasteiger partial charge in [0.15, 0.2) is 0 Å². The van der Waals surface area contributed by atoms with Gasteiger partial charge in [0.25, 0.3) is 0 Å². The van der Waals surface area contributed by atoms with E-state index in [1.165, 1.54) is 17.8 Å². The van der Waals surface area contributed by atoms with Gasteiger partial charge < -0.3 is 0 Å². The highest BCUT2D eigenvalue weighted by Gasteiger charge is 2.30. The number of pyridine rings is 1. The molecule has 1 heterocycles. The molecule has 0 aliphatic carbocycles. The van der Waals surface area contributed by atoms with E-state index in [-0.39, 0.29) is 0 Å². The van der Waals surface area contributed by atoms with Crippen molar-refractivity contribution in [3.8, 4) is 0 Å². The van der Waals surface area contributed by atoms with E-state index in [1.54, 1.807) is 0 Å². The van der Waals surface area contributed by atoms with Crippen LogP contribution in [0.5, 0.6) is 0 Å². The molecule has 0 N–H and O–H groups in total. The van der Waals surface area contributed by atoms with Crippen LogP contribution >= 0.6 is 27.7 Å². The van der Waals surface area contributed by atoms with E-state index in [9.17, 15) is 13.2 Å². The average Bonchev–Trinajstić information content (AvgIpc) is 2.29. The van der Waals surface area contributed by atoms with Crippen molar-refractivity contribution in [2.75, 3.05) is 11.1 Å². The van der Waals surface area contributed by atoms with Gasteiger partial charge in [0.05, 0.1) is 10.6 Å². The van der Waals surface area contributed by atoms with Crippen LogP contribution in [0.3, 0.4) is 0 Å². The zero-order chi connectivity index (χ0) is 13.8. The van der Waals surface area contributed by atoms with Crippen LogP contribution in [0.1, 0.15) is 19.4 Å². The average molecular weight is 342 g/mol. The highest BCUT2D eigenvalue weighted by Crippen LogP contribution is 2.30. The number of thioether (sulfide) groups is 1. The summed E-state index contributed by atoms with van der Waals surface area (Å²) in [6.45, 7) is 4.26. The Balaban J connectivity index is 2.59. The van der Waals surface area contributed by atoms with Crippen LogP contribution in [0.2, 0.25) is 0 Å². The highest BCUT2D eigenvalue weighted by atomic mass is 79.9. The molecule has 18 heavy (non-hydrogen) atoms. The Morgan fingerprint density at radius 1 is 1.33 bits per heavy atom. The largest absolute Gasteiger partial charge is 0.417 e. The molecular weight excluding hydrogens is 327 g/mol. The van der Waals surface area contributed by atoms with Gasteiger partial charge in [0.2, 0.25) is 0 Å². The maximum absolute atomic E-state index is 12.3. The molecule has 0 bridgehead atoms. The molecule has 0 fully saturated rings. The second-order valence-electron chi connectivity index (χ2n) is 4.35. The van der Waals surface area contributed by atoms with E-state index in [0.29, 0.717) is 16.9 Å². The zero-order valence-corrected chi connectivity index (χ0v) is 12.6. The summed E-state index contributed by atoms with van der Waals surface area (Å²) >= 11 is 4.94. The van der Waals surface area contributed by atoms with Crippen LogP contribution in [0.15, 0.2) is 23.4 Å². The van der Waals surface area contributed by atoms with Gasteiger partial charge in [-0.2, -0.15) is 13.2 Å². The first-order valence-corrected chi connectivity index (χ1v) is 7.67. The second-order valence-corrected chi connectivity index (χ2v) is 6.04. The topological polar surface area (TPSA) is 12.9 Å². The molecule has 0 amide bonds. The normalized spacial score (nSPS) is 13.9. The van der Waals surface area contributed by atoms with Crippen LogP contribution in [0.4, 0.5) is 13.2 Å². The smallest absolute Gasteiger partial charge is 0.249 e. The lowest BCUT2D eigenvalue weighted by Gasteiger charge is -2.17. The third-order valence-corrected chi connectivity index (χ3v) is 4.61. The molecule has 1 nitrogen and oxygen atoms in total. The number of rotatable bonds is 5. The van der Waals surface area contributed by atoms with Crippen LogP contribution in [-0.4, -0.2) is 16.1 Å². The number of hydrogen-bond acceptors (Lipinski definition) is 2. The summed E-state index contributed by atoms with van der Waals surface area (Å²) in [7, 11) is 0. The van der Waals surface area contributed by atoms with Gasteiger partial charge in [-0.1, -0.05) is 29.8 Å². The summed E-state index contributed by atoms with van der Waals surface area (Å²) in [5, 5.41) is 1.52. The summed E-state index contributed by atoms with van der Waals surface area (Å²) in [5.74, 6) is 1.87. The number of alkyl halides is 4. The summed E-state index contributed by atoms with van der Waals surface area (Å²) in [4.78, 5) is 3.84. The Morgan fingerprint density at radius 2 is 2.00 bits per heavy atom. The van der Waals surface area contributed by atoms with E-state index >= 15 is 0 Å². The summed E-state index contributed by atoms with van der Waals surface area (Å²) in [5.41, 5.74) is -0.701. The minimum atomic E-state index is -4.31. The van der Waals surface area contributed by atoms with Crippen molar-refractivity contribution in [1.82, 2.24) is 4.98 Å². The van der Waals surface area contributed by atoms with E-state index in [2.05, 4.69) is 34.8 Å². The minimum Gasteiger partial charge on any atom is -0.249 e. The Labute approximate surface area is 118 Å². The quantitative estimate of drug-likeness (QED) is 0.560. The second kappa shape index (κ2) is 6.80. The molecule has 1 rings (SSSR count). The van der Waals surface area contributed by atoms with Crippen LogP contribution < -0.4 is 0 Å². The molecule has 1 unspecified atom stereocenters. The fourth-order valence-corrected chi connectivity index (χ4v) is 3.70. The molecule has 0 saturated heterocycles. The van der Waals surface area contributed by atoms with Gasteiger partial charge in [0, 0.05) is 17.3 Å². The molecule has 1 atom stereocenters. The predicted octanol–water partition coefficient (Wildman–Crippen LogP) is 4.86. The number of aromatic nitrogens is 1. The standard InChI is InChI=1S/C12H15BrF3NS/c1-8(2)9(5-13)7-18-11-4-3-10(6-17-11)12(14,15)16/h3-4,6,8-9H,5,7H2,1-2H3. The Kier molecular flexibility index (Phi) is 5.98. The van der Waals surface area contributed by atoms with E-state index < -0.39 is 11.7 Å². The van der Waals surface area contributed by atoms with Gasteiger partial charge in [0.1, 0.15) is 0 Å². The summed E-state index contributed by atoms with van der Waals surface area (Å²) < 4.78 is 37.0. The van der Waals surface area contributed by atoms with Crippen molar-refractivity contribution in [1.29, 1.82) is 0 Å². The molecule has 1 aromatic heterocycles. The SMILES string of the molecule is CC(C)C(CBr)CSc1ccc(C(F)(F)F)cn1. The van der Waals surface area contributed by atoms with Crippen molar-refractivity contribution in [3.05, 3.63) is 23.9 Å². The van der Waals surface area contributed by atoms with Crippen molar-refractivity contribution in [2.24, 2.45) is 11.8 Å². The monoisotopic (exact) mass is 341 g/mol. The Morgan fingerprint density at radius 3 is 2.39 bits per heavy atom. The van der Waals surface area contributed by atoms with Crippen molar-refractivity contribution in [3.63, 3.8) is 0 Å². The van der Waals surface area contributed by atoms with Gasteiger partial charge in [-0.05, 0) is 24.0 Å². The maximum Gasteiger partial charge on any atom is 0.417 e. The molecular formula is C12H15BrF3NS. The molecule has 0 aliphatic rings.